The molecule has 7 nitrogen and oxygen atoms in total. The molecule has 5 rings (SSSR count). The second-order valence-corrected chi connectivity index (χ2v) is 6.50. The topological polar surface area (TPSA) is 98.9 Å². The summed E-state index contributed by atoms with van der Waals surface area (Å²) in [4.78, 5) is 16.4. The molecule has 1 aromatic carbocycles. The van der Waals surface area contributed by atoms with Crippen LogP contribution in [0.15, 0.2) is 42.9 Å². The van der Waals surface area contributed by atoms with Crippen molar-refractivity contribution in [2.24, 2.45) is 5.92 Å². The predicted molar refractivity (Wildman–Crippen MR) is 96.3 cm³/mol. The molecule has 0 unspecified atom stereocenters. The molecule has 0 atom stereocenters. The van der Waals surface area contributed by atoms with Crippen LogP contribution >= 0.6 is 0 Å². The lowest BCUT2D eigenvalue weighted by Gasteiger charge is -2.06. The average molecular weight is 342 g/mol. The minimum absolute atomic E-state index is 0.0311. The summed E-state index contributed by atoms with van der Waals surface area (Å²) in [6, 6.07) is 9.70. The van der Waals surface area contributed by atoms with Gasteiger partial charge in [-0.15, -0.1) is 0 Å². The molecule has 126 valence electrons. The molecular weight excluding hydrogens is 328 g/mol. The van der Waals surface area contributed by atoms with Gasteiger partial charge in [-0.25, -0.2) is 4.98 Å². The molecule has 2 N–H and O–H groups in total. The molecular formula is C19H14N6O. The Labute approximate surface area is 148 Å². The Hall–Kier alpha value is -3.66. The average Bonchev–Trinajstić information content (AvgIpc) is 3.26. The van der Waals surface area contributed by atoms with Gasteiger partial charge >= 0.3 is 0 Å². The first kappa shape index (κ1) is 14.7. The normalized spacial score (nSPS) is 13.8. The lowest BCUT2D eigenvalue weighted by Crippen LogP contribution is -2.13. The molecule has 4 aromatic rings. The van der Waals surface area contributed by atoms with Gasteiger partial charge in [-0.1, -0.05) is 0 Å². The Balaban J connectivity index is 1.61. The summed E-state index contributed by atoms with van der Waals surface area (Å²) in [6.45, 7) is 0. The number of aromatic nitrogens is 4. The second-order valence-electron chi connectivity index (χ2n) is 6.50. The lowest BCUT2D eigenvalue weighted by molar-refractivity contribution is -0.117. The van der Waals surface area contributed by atoms with E-state index in [0.717, 1.165) is 40.5 Å². The fourth-order valence-corrected chi connectivity index (χ4v) is 3.20. The van der Waals surface area contributed by atoms with Gasteiger partial charge in [0.1, 0.15) is 5.65 Å². The van der Waals surface area contributed by atoms with Crippen LogP contribution in [0.25, 0.3) is 27.7 Å². The number of nitrogens with one attached hydrogen (secondary N) is 2. The van der Waals surface area contributed by atoms with Gasteiger partial charge in [0.2, 0.25) is 5.91 Å². The molecule has 26 heavy (non-hydrogen) atoms. The SMILES string of the molecule is N#Cc1ccc2[nH]ncc2c1-c1ccc2nc(NC(=O)C3CC3)cn2c1. The molecule has 7 heteroatoms. The van der Waals surface area contributed by atoms with E-state index >= 15 is 0 Å². The predicted octanol–water partition coefficient (Wildman–Crippen LogP) is 3.10. The van der Waals surface area contributed by atoms with Crippen molar-refractivity contribution < 1.29 is 4.79 Å². The minimum atomic E-state index is 0.0311. The molecule has 0 aliphatic heterocycles. The van der Waals surface area contributed by atoms with Crippen LogP contribution in [0.2, 0.25) is 0 Å². The number of carbonyl (C=O) groups is 1. The van der Waals surface area contributed by atoms with Crippen molar-refractivity contribution in [3.63, 3.8) is 0 Å². The molecule has 0 saturated heterocycles. The van der Waals surface area contributed by atoms with E-state index in [1.54, 1.807) is 18.5 Å². The molecule has 3 heterocycles. The molecule has 1 amide bonds. The number of nitrogens with zero attached hydrogens (tertiary/aromatic N) is 4. The first-order chi connectivity index (χ1) is 12.7. The van der Waals surface area contributed by atoms with E-state index in [1.165, 1.54) is 0 Å². The smallest absolute Gasteiger partial charge is 0.228 e. The van der Waals surface area contributed by atoms with Gasteiger partial charge in [0.15, 0.2) is 5.82 Å². The van der Waals surface area contributed by atoms with Crippen LogP contribution in [-0.4, -0.2) is 25.5 Å². The van der Waals surface area contributed by atoms with Gasteiger partial charge in [0.25, 0.3) is 0 Å². The Morgan fingerprint density at radius 2 is 2.15 bits per heavy atom. The third-order valence-electron chi connectivity index (χ3n) is 4.68. The maximum absolute atomic E-state index is 11.9. The summed E-state index contributed by atoms with van der Waals surface area (Å²) in [5, 5.41) is 20.3. The Morgan fingerprint density at radius 3 is 2.96 bits per heavy atom. The largest absolute Gasteiger partial charge is 0.309 e. The summed E-state index contributed by atoms with van der Waals surface area (Å²) in [5.41, 5.74) is 3.91. The fourth-order valence-electron chi connectivity index (χ4n) is 3.20. The third kappa shape index (κ3) is 2.31. The van der Waals surface area contributed by atoms with Crippen molar-refractivity contribution in [3.05, 3.63) is 48.4 Å². The van der Waals surface area contributed by atoms with E-state index in [9.17, 15) is 10.1 Å². The lowest BCUT2D eigenvalue weighted by atomic mass is 9.98. The molecule has 3 aromatic heterocycles. The zero-order chi connectivity index (χ0) is 17.7. The van der Waals surface area contributed by atoms with Crippen LogP contribution in [0.5, 0.6) is 0 Å². The van der Waals surface area contributed by atoms with Gasteiger partial charge in [-0.05, 0) is 37.1 Å². The van der Waals surface area contributed by atoms with Crippen molar-refractivity contribution in [1.29, 1.82) is 5.26 Å². The second kappa shape index (κ2) is 5.43. The van der Waals surface area contributed by atoms with Crippen molar-refractivity contribution in [1.82, 2.24) is 19.6 Å². The van der Waals surface area contributed by atoms with E-state index in [0.29, 0.717) is 11.4 Å². The monoisotopic (exact) mass is 342 g/mol. The number of amides is 1. The van der Waals surface area contributed by atoms with Gasteiger partial charge in [-0.2, -0.15) is 10.4 Å². The molecule has 1 aliphatic rings. The highest BCUT2D eigenvalue weighted by atomic mass is 16.2. The molecule has 0 spiro atoms. The molecule has 0 radical (unpaired) electrons. The summed E-state index contributed by atoms with van der Waals surface area (Å²) in [5.74, 6) is 0.705. The van der Waals surface area contributed by atoms with Crippen LogP contribution in [0.3, 0.4) is 0 Å². The third-order valence-corrected chi connectivity index (χ3v) is 4.68. The Kier molecular flexibility index (Phi) is 3.06. The van der Waals surface area contributed by atoms with Crippen molar-refractivity contribution in [2.45, 2.75) is 12.8 Å². The van der Waals surface area contributed by atoms with E-state index in [1.807, 2.05) is 28.8 Å². The first-order valence-corrected chi connectivity index (χ1v) is 8.39. The van der Waals surface area contributed by atoms with Gasteiger partial charge in [-0.3, -0.25) is 9.89 Å². The van der Waals surface area contributed by atoms with Crippen LogP contribution in [-0.2, 0) is 4.79 Å². The van der Waals surface area contributed by atoms with Crippen molar-refractivity contribution in [3.8, 4) is 17.2 Å². The molecule has 0 bridgehead atoms. The molecule has 1 saturated carbocycles. The first-order valence-electron chi connectivity index (χ1n) is 8.39. The Bertz CT molecular complexity index is 1210. The summed E-state index contributed by atoms with van der Waals surface area (Å²) in [6.07, 6.45) is 7.34. The van der Waals surface area contributed by atoms with Crippen molar-refractivity contribution in [2.75, 3.05) is 5.32 Å². The van der Waals surface area contributed by atoms with Crippen LogP contribution in [0.4, 0.5) is 5.82 Å². The fraction of sp³-hybridized carbons (Fsp3) is 0.158. The summed E-state index contributed by atoms with van der Waals surface area (Å²) < 4.78 is 1.86. The Morgan fingerprint density at radius 1 is 1.27 bits per heavy atom. The number of benzene rings is 1. The summed E-state index contributed by atoms with van der Waals surface area (Å²) >= 11 is 0. The maximum Gasteiger partial charge on any atom is 0.228 e. The number of aromatic amines is 1. The van der Waals surface area contributed by atoms with Gasteiger partial charge < -0.3 is 9.72 Å². The number of hydrogen-bond donors (Lipinski definition) is 2. The number of H-pyrrole nitrogens is 1. The number of carbonyl (C=O) groups excluding carboxylic acids is 1. The minimum Gasteiger partial charge on any atom is -0.309 e. The van der Waals surface area contributed by atoms with E-state index < -0.39 is 0 Å². The number of imidazole rings is 1. The number of fused-ring (bicyclic) bond motifs is 2. The number of hydrogen-bond acceptors (Lipinski definition) is 4. The highest BCUT2D eigenvalue weighted by Crippen LogP contribution is 2.32. The maximum atomic E-state index is 11.9. The molecule has 1 aliphatic carbocycles. The number of anilines is 1. The standard InChI is InChI=1S/C19H14N6O/c20-7-12-3-5-15-14(8-21-24-15)18(12)13-4-6-17-22-16(10-25(17)9-13)23-19(26)11-1-2-11/h3-6,8-11H,1-2H2,(H,21,24)(H,23,26). The highest BCUT2D eigenvalue weighted by molar-refractivity contribution is 5.97. The van der Waals surface area contributed by atoms with Crippen LogP contribution in [0, 0.1) is 17.2 Å². The number of nitriles is 1. The van der Waals surface area contributed by atoms with Gasteiger partial charge in [0.05, 0.1) is 29.5 Å². The summed E-state index contributed by atoms with van der Waals surface area (Å²) in [7, 11) is 0. The van der Waals surface area contributed by atoms with E-state index in [-0.39, 0.29) is 11.8 Å². The number of pyridine rings is 1. The number of rotatable bonds is 3. The van der Waals surface area contributed by atoms with E-state index in [2.05, 4.69) is 26.6 Å². The van der Waals surface area contributed by atoms with Crippen molar-refractivity contribution >= 4 is 28.3 Å². The van der Waals surface area contributed by atoms with E-state index in [4.69, 9.17) is 0 Å². The van der Waals surface area contributed by atoms with Crippen LogP contribution < -0.4 is 5.32 Å². The van der Waals surface area contributed by atoms with Crippen LogP contribution in [0.1, 0.15) is 18.4 Å². The zero-order valence-corrected chi connectivity index (χ0v) is 13.7. The highest BCUT2D eigenvalue weighted by Gasteiger charge is 2.30. The van der Waals surface area contributed by atoms with Gasteiger partial charge in [0, 0.05) is 28.6 Å². The molecule has 1 fully saturated rings. The zero-order valence-electron chi connectivity index (χ0n) is 13.7. The quantitative estimate of drug-likeness (QED) is 0.597.